The van der Waals surface area contributed by atoms with E-state index in [1.807, 2.05) is 0 Å². The smallest absolute Gasteiger partial charge is 0.336 e. The summed E-state index contributed by atoms with van der Waals surface area (Å²) in [5, 5.41) is 2.12. The van der Waals surface area contributed by atoms with Gasteiger partial charge in [0.1, 0.15) is 0 Å². The number of nitrogens with zero attached hydrogens (tertiary/aromatic N) is 1. The van der Waals surface area contributed by atoms with Gasteiger partial charge in [-0.3, -0.25) is 4.79 Å². The van der Waals surface area contributed by atoms with Crippen molar-refractivity contribution in [1.82, 2.24) is 9.24 Å². The van der Waals surface area contributed by atoms with Gasteiger partial charge in [-0.15, -0.1) is 0 Å². The number of ether oxygens (including phenoxy) is 1. The van der Waals surface area contributed by atoms with Gasteiger partial charge in [0.05, 0.1) is 16.1 Å². The van der Waals surface area contributed by atoms with E-state index in [0.29, 0.717) is 3.93 Å². The minimum Gasteiger partial charge on any atom is -0.358 e. The molecule has 7 heteroatoms. The van der Waals surface area contributed by atoms with Gasteiger partial charge in [-0.05, 0) is 0 Å². The fourth-order valence-corrected chi connectivity index (χ4v) is 1.07. The Kier molecular flexibility index (Phi) is 2.63. The third-order valence-electron chi connectivity index (χ3n) is 1.39. The summed E-state index contributed by atoms with van der Waals surface area (Å²) in [6.45, 7) is 0. The van der Waals surface area contributed by atoms with Crippen LogP contribution in [0.2, 0.25) is 0 Å². The number of methoxy groups -OCH3 is 1. The molecule has 5 nitrogen and oxygen atoms in total. The van der Waals surface area contributed by atoms with E-state index in [0.717, 1.165) is 0 Å². The van der Waals surface area contributed by atoms with Crippen LogP contribution in [0.25, 0.3) is 0 Å². The first-order valence-corrected chi connectivity index (χ1v) is 3.76. The molecule has 1 N–H and O–H groups in total. The number of hydrogen-bond donors (Lipinski definition) is 1. The van der Waals surface area contributed by atoms with Crippen molar-refractivity contribution in [3.63, 3.8) is 0 Å². The summed E-state index contributed by atoms with van der Waals surface area (Å²) in [5.41, 5.74) is 0. The van der Waals surface area contributed by atoms with Crippen LogP contribution >= 0.6 is 16.1 Å². The maximum absolute atomic E-state index is 12.9. The Morgan fingerprint density at radius 1 is 1.67 bits per heavy atom. The van der Waals surface area contributed by atoms with Crippen molar-refractivity contribution < 1.29 is 18.7 Å². The minimum absolute atomic E-state index is 0.493. The molecule has 0 bridgehead atoms. The monoisotopic (exact) mass is 240 g/mol. The second kappa shape index (κ2) is 3.36. The maximum atomic E-state index is 12.9. The predicted octanol–water partition coefficient (Wildman–Crippen LogP) is 0.159. The van der Waals surface area contributed by atoms with Gasteiger partial charge in [0, 0.05) is 7.11 Å². The second-order valence-electron chi connectivity index (χ2n) is 2.13. The molecule has 0 saturated carbocycles. The highest BCUT2D eigenvalue weighted by Gasteiger charge is 2.40. The second-order valence-corrected chi connectivity index (χ2v) is 2.84. The zero-order valence-corrected chi connectivity index (χ0v) is 7.67. The van der Waals surface area contributed by atoms with Crippen LogP contribution in [0.5, 0.6) is 0 Å². The number of carbonyl (C=O) groups excluding carboxylic acids is 2. The van der Waals surface area contributed by atoms with Gasteiger partial charge in [-0.25, -0.2) is 9.18 Å². The number of amides is 3. The van der Waals surface area contributed by atoms with Gasteiger partial charge < -0.3 is 10.1 Å². The molecule has 1 aliphatic rings. The van der Waals surface area contributed by atoms with Gasteiger partial charge in [0.15, 0.2) is 6.23 Å². The number of halogens is 2. The molecule has 68 valence electrons. The zero-order chi connectivity index (χ0) is 9.30. The number of urea groups is 1. The quantitative estimate of drug-likeness (QED) is 0.665. The molecule has 1 aliphatic heterocycles. The highest BCUT2D eigenvalue weighted by molar-refractivity contribution is 9.08. The third kappa shape index (κ3) is 1.42. The van der Waals surface area contributed by atoms with Crippen molar-refractivity contribution in [3.05, 3.63) is 0 Å². The van der Waals surface area contributed by atoms with Crippen LogP contribution in [0.15, 0.2) is 0 Å². The third-order valence-corrected chi connectivity index (χ3v) is 2.06. The summed E-state index contributed by atoms with van der Waals surface area (Å²) in [5.74, 6) is -0.967. The first-order chi connectivity index (χ1) is 5.57. The summed E-state index contributed by atoms with van der Waals surface area (Å²) in [6, 6.07) is -0.735. The van der Waals surface area contributed by atoms with E-state index in [1.165, 1.54) is 7.11 Å². The molecule has 1 saturated heterocycles. The van der Waals surface area contributed by atoms with Crippen LogP contribution in [0.3, 0.4) is 0 Å². The lowest BCUT2D eigenvalue weighted by atomic mass is 10.3. The Balaban J connectivity index is 2.77. The zero-order valence-electron chi connectivity index (χ0n) is 6.08. The highest BCUT2D eigenvalue weighted by Crippen LogP contribution is 2.15. The summed E-state index contributed by atoms with van der Waals surface area (Å²) in [7, 11) is 1.20. The fourth-order valence-electron chi connectivity index (χ4n) is 0.768. The molecular formula is C5H6BrFN2O3. The van der Waals surface area contributed by atoms with Gasteiger partial charge in [-0.2, -0.15) is 3.93 Å². The lowest BCUT2D eigenvalue weighted by Crippen LogP contribution is -2.58. The standard InChI is InChI=1S/C5H6BrFN2O3/c1-12-3-2(7)4(10)9(6)5(11)8-3/h2-3H,1H3,(H,8,11)/t2-,3-/m1/s1. The van der Waals surface area contributed by atoms with Crippen LogP contribution in [-0.2, 0) is 9.53 Å². The molecule has 0 aliphatic carbocycles. The highest BCUT2D eigenvalue weighted by atomic mass is 79.9. The molecule has 1 fully saturated rings. The molecule has 0 aromatic heterocycles. The minimum atomic E-state index is -1.87. The van der Waals surface area contributed by atoms with Gasteiger partial charge in [0.25, 0.3) is 5.91 Å². The molecule has 12 heavy (non-hydrogen) atoms. The van der Waals surface area contributed by atoms with Crippen LogP contribution in [0, 0.1) is 0 Å². The summed E-state index contributed by atoms with van der Waals surface area (Å²) in [4.78, 5) is 21.7. The molecular weight excluding hydrogens is 235 g/mol. The summed E-state index contributed by atoms with van der Waals surface area (Å²) in [6.07, 6.45) is -3.06. The van der Waals surface area contributed by atoms with Crippen molar-refractivity contribution in [1.29, 1.82) is 0 Å². The lowest BCUT2D eigenvalue weighted by molar-refractivity contribution is -0.137. The SMILES string of the molecule is CO[C@H]1NC(=O)N(Br)C(=O)[C@@H]1F. The molecule has 0 radical (unpaired) electrons. The van der Waals surface area contributed by atoms with E-state index >= 15 is 0 Å². The number of rotatable bonds is 1. The van der Waals surface area contributed by atoms with E-state index in [1.54, 1.807) is 0 Å². The fraction of sp³-hybridized carbons (Fsp3) is 0.600. The van der Waals surface area contributed by atoms with E-state index in [4.69, 9.17) is 0 Å². The van der Waals surface area contributed by atoms with Crippen LogP contribution in [0.1, 0.15) is 0 Å². The van der Waals surface area contributed by atoms with Crippen molar-refractivity contribution >= 4 is 28.1 Å². The molecule has 0 aromatic rings. The maximum Gasteiger partial charge on any atom is 0.336 e. The normalized spacial score (nSPS) is 30.4. The number of carbonyl (C=O) groups is 2. The molecule has 0 unspecified atom stereocenters. The molecule has 0 aromatic carbocycles. The van der Waals surface area contributed by atoms with Gasteiger partial charge >= 0.3 is 6.03 Å². The van der Waals surface area contributed by atoms with Crippen LogP contribution < -0.4 is 5.32 Å². The Hall–Kier alpha value is -0.690. The topological polar surface area (TPSA) is 58.6 Å². The Labute approximate surface area is 76.2 Å². The van der Waals surface area contributed by atoms with E-state index in [-0.39, 0.29) is 0 Å². The van der Waals surface area contributed by atoms with Crippen LogP contribution in [0.4, 0.5) is 9.18 Å². The Morgan fingerprint density at radius 3 is 2.75 bits per heavy atom. The molecule has 1 heterocycles. The number of hydrogen-bond acceptors (Lipinski definition) is 3. The number of nitrogens with one attached hydrogen (secondary N) is 1. The van der Waals surface area contributed by atoms with Crippen molar-refractivity contribution in [3.8, 4) is 0 Å². The van der Waals surface area contributed by atoms with E-state index in [9.17, 15) is 14.0 Å². The molecule has 1 rings (SSSR count). The lowest BCUT2D eigenvalue weighted by Gasteiger charge is -2.28. The van der Waals surface area contributed by atoms with E-state index < -0.39 is 24.3 Å². The largest absolute Gasteiger partial charge is 0.358 e. The molecule has 0 spiro atoms. The molecule has 2 atom stereocenters. The molecule has 3 amide bonds. The van der Waals surface area contributed by atoms with Crippen molar-refractivity contribution in [2.24, 2.45) is 0 Å². The predicted molar refractivity (Wildman–Crippen MR) is 40.0 cm³/mol. The number of imide groups is 1. The average Bonchev–Trinajstić information content (AvgIpc) is 2.08. The van der Waals surface area contributed by atoms with Crippen molar-refractivity contribution in [2.75, 3.05) is 7.11 Å². The number of alkyl halides is 1. The Bertz CT molecular complexity index is 225. The van der Waals surface area contributed by atoms with Crippen LogP contribution in [-0.4, -0.2) is 35.4 Å². The summed E-state index contributed by atoms with van der Waals surface area (Å²) >= 11 is 2.59. The van der Waals surface area contributed by atoms with Gasteiger partial charge in [0.2, 0.25) is 6.17 Å². The average molecular weight is 241 g/mol. The summed E-state index contributed by atoms with van der Waals surface area (Å²) < 4.78 is 17.9. The van der Waals surface area contributed by atoms with Gasteiger partial charge in [-0.1, -0.05) is 0 Å². The van der Waals surface area contributed by atoms with Crippen molar-refractivity contribution in [2.45, 2.75) is 12.4 Å². The Morgan fingerprint density at radius 2 is 2.25 bits per heavy atom. The first kappa shape index (κ1) is 9.40. The first-order valence-electron chi connectivity index (χ1n) is 3.05. The van der Waals surface area contributed by atoms with E-state index in [2.05, 4.69) is 26.2 Å².